The number of benzene rings is 2. The lowest BCUT2D eigenvalue weighted by atomic mass is 10.1. The van der Waals surface area contributed by atoms with Crippen LogP contribution in [0.15, 0.2) is 54.6 Å². The van der Waals surface area contributed by atoms with Gasteiger partial charge in [0.15, 0.2) is 0 Å². The van der Waals surface area contributed by atoms with Crippen LogP contribution in [0.5, 0.6) is 0 Å². The fourth-order valence-electron chi connectivity index (χ4n) is 2.41. The predicted octanol–water partition coefficient (Wildman–Crippen LogP) is 3.66. The summed E-state index contributed by atoms with van der Waals surface area (Å²) in [5.41, 5.74) is 1.77. The second-order valence-electron chi connectivity index (χ2n) is 5.42. The van der Waals surface area contributed by atoms with Gasteiger partial charge in [0.25, 0.3) is 17.7 Å². The number of carbonyl (C=O) groups is 3. The van der Waals surface area contributed by atoms with E-state index in [0.717, 1.165) is 4.90 Å². The monoisotopic (exact) mass is 340 g/mol. The molecule has 120 valence electrons. The Hall–Kier alpha value is -2.92. The number of nitrogens with one attached hydrogen (secondary N) is 1. The maximum atomic E-state index is 12.5. The third-order valence-corrected chi connectivity index (χ3v) is 3.83. The van der Waals surface area contributed by atoms with Crippen LogP contribution in [0, 0.1) is 0 Å². The van der Waals surface area contributed by atoms with Crippen LogP contribution in [0.2, 0.25) is 5.02 Å². The van der Waals surface area contributed by atoms with Gasteiger partial charge < -0.3 is 5.32 Å². The lowest BCUT2D eigenvalue weighted by Gasteiger charge is -2.15. The lowest BCUT2D eigenvalue weighted by molar-refractivity contribution is -0.112. The summed E-state index contributed by atoms with van der Waals surface area (Å²) in [4.78, 5) is 37.9. The van der Waals surface area contributed by atoms with Crippen LogP contribution in [0.4, 0.5) is 11.4 Å². The number of halogens is 1. The van der Waals surface area contributed by atoms with Crippen LogP contribution in [-0.2, 0) is 4.79 Å². The molecule has 5 nitrogen and oxygen atoms in total. The molecule has 1 N–H and O–H groups in total. The zero-order chi connectivity index (χ0) is 17.4. The molecule has 1 heterocycles. The number of amides is 3. The quantitative estimate of drug-likeness (QED) is 0.685. The zero-order valence-corrected chi connectivity index (χ0v) is 13.6. The molecule has 1 aliphatic rings. The summed E-state index contributed by atoms with van der Waals surface area (Å²) in [6, 6.07) is 11.1. The summed E-state index contributed by atoms with van der Waals surface area (Å²) < 4.78 is 0. The molecule has 3 rings (SSSR count). The number of rotatable bonds is 3. The number of fused-ring (bicyclic) bond motifs is 1. The molecule has 0 spiro atoms. The highest BCUT2D eigenvalue weighted by atomic mass is 35.5. The molecule has 6 heteroatoms. The van der Waals surface area contributed by atoms with Gasteiger partial charge in [0.05, 0.1) is 16.8 Å². The summed E-state index contributed by atoms with van der Waals surface area (Å²) >= 11 is 5.90. The number of anilines is 2. The molecule has 3 amide bonds. The van der Waals surface area contributed by atoms with Gasteiger partial charge in [-0.3, -0.25) is 14.4 Å². The SMILES string of the molecule is C=C(C)C(=O)Nc1cccc(N2C(=O)c3ccc(Cl)cc3C2=O)c1. The fraction of sp³-hybridized carbons (Fsp3) is 0.0556. The Kier molecular flexibility index (Phi) is 3.95. The first-order valence-corrected chi connectivity index (χ1v) is 7.51. The minimum Gasteiger partial charge on any atom is -0.322 e. The molecule has 0 bridgehead atoms. The topological polar surface area (TPSA) is 66.5 Å². The van der Waals surface area contributed by atoms with Crippen molar-refractivity contribution in [1.29, 1.82) is 0 Å². The number of hydrogen-bond donors (Lipinski definition) is 1. The van der Waals surface area contributed by atoms with Crippen molar-refractivity contribution in [2.24, 2.45) is 0 Å². The van der Waals surface area contributed by atoms with Gasteiger partial charge in [-0.2, -0.15) is 0 Å². The molecule has 0 radical (unpaired) electrons. The molecule has 1 aliphatic heterocycles. The molecular formula is C18H13ClN2O3. The zero-order valence-electron chi connectivity index (χ0n) is 12.8. The van der Waals surface area contributed by atoms with E-state index < -0.39 is 11.8 Å². The van der Waals surface area contributed by atoms with E-state index in [4.69, 9.17) is 11.6 Å². The summed E-state index contributed by atoms with van der Waals surface area (Å²) in [6.07, 6.45) is 0. The van der Waals surface area contributed by atoms with Gasteiger partial charge >= 0.3 is 0 Å². The van der Waals surface area contributed by atoms with Crippen LogP contribution in [0.25, 0.3) is 0 Å². The van der Waals surface area contributed by atoms with Crippen LogP contribution in [0.3, 0.4) is 0 Å². The third-order valence-electron chi connectivity index (χ3n) is 3.60. The van der Waals surface area contributed by atoms with Gasteiger partial charge in [-0.15, -0.1) is 0 Å². The minimum atomic E-state index is -0.444. The van der Waals surface area contributed by atoms with E-state index >= 15 is 0 Å². The molecule has 0 saturated heterocycles. The first kappa shape index (κ1) is 16.0. The van der Waals surface area contributed by atoms with E-state index in [-0.39, 0.29) is 11.5 Å². The summed E-state index contributed by atoms with van der Waals surface area (Å²) in [6.45, 7) is 5.16. The largest absolute Gasteiger partial charge is 0.322 e. The predicted molar refractivity (Wildman–Crippen MR) is 92.5 cm³/mol. The van der Waals surface area contributed by atoms with E-state index in [9.17, 15) is 14.4 Å². The molecule has 2 aromatic carbocycles. The van der Waals surface area contributed by atoms with Crippen molar-refractivity contribution in [3.8, 4) is 0 Å². The van der Waals surface area contributed by atoms with Crippen molar-refractivity contribution in [3.05, 3.63) is 70.8 Å². The molecular weight excluding hydrogens is 328 g/mol. The fourth-order valence-corrected chi connectivity index (χ4v) is 2.58. The van der Waals surface area contributed by atoms with Crippen LogP contribution in [0.1, 0.15) is 27.6 Å². The first-order chi connectivity index (χ1) is 11.4. The first-order valence-electron chi connectivity index (χ1n) is 7.14. The number of imide groups is 1. The Morgan fingerprint density at radius 2 is 1.79 bits per heavy atom. The molecule has 0 unspecified atom stereocenters. The van der Waals surface area contributed by atoms with Crippen molar-refractivity contribution >= 4 is 40.7 Å². The van der Waals surface area contributed by atoms with Gasteiger partial charge in [0.2, 0.25) is 0 Å². The maximum Gasteiger partial charge on any atom is 0.266 e. The van der Waals surface area contributed by atoms with Gasteiger partial charge in [0, 0.05) is 16.3 Å². The van der Waals surface area contributed by atoms with Crippen LogP contribution < -0.4 is 10.2 Å². The molecule has 2 aromatic rings. The van der Waals surface area contributed by atoms with Crippen LogP contribution >= 0.6 is 11.6 Å². The van der Waals surface area contributed by atoms with Crippen molar-refractivity contribution in [3.63, 3.8) is 0 Å². The van der Waals surface area contributed by atoms with E-state index in [1.165, 1.54) is 12.1 Å². The summed E-state index contributed by atoms with van der Waals surface area (Å²) in [5.74, 6) is -1.20. The van der Waals surface area contributed by atoms with Gasteiger partial charge in [-0.05, 0) is 43.3 Å². The molecule has 0 aromatic heterocycles. The normalized spacial score (nSPS) is 13.0. The van der Waals surface area contributed by atoms with Crippen molar-refractivity contribution in [2.45, 2.75) is 6.92 Å². The Morgan fingerprint density at radius 3 is 2.50 bits per heavy atom. The second-order valence-corrected chi connectivity index (χ2v) is 5.86. The average molecular weight is 341 g/mol. The van der Waals surface area contributed by atoms with Gasteiger partial charge in [-0.25, -0.2) is 4.90 Å². The number of carbonyl (C=O) groups excluding carboxylic acids is 3. The lowest BCUT2D eigenvalue weighted by Crippen LogP contribution is -2.29. The molecule has 0 saturated carbocycles. The molecule has 0 aliphatic carbocycles. The van der Waals surface area contributed by atoms with Crippen molar-refractivity contribution < 1.29 is 14.4 Å². The number of nitrogens with zero attached hydrogens (tertiary/aromatic N) is 1. The Labute approximate surface area is 143 Å². The highest BCUT2D eigenvalue weighted by molar-refractivity contribution is 6.36. The van der Waals surface area contributed by atoms with E-state index in [2.05, 4.69) is 11.9 Å². The molecule has 0 fully saturated rings. The third kappa shape index (κ3) is 2.70. The average Bonchev–Trinajstić information content (AvgIpc) is 2.78. The standard InChI is InChI=1S/C18H13ClN2O3/c1-10(2)16(22)20-12-4-3-5-13(9-12)21-17(23)14-7-6-11(19)8-15(14)18(21)24/h3-9H,1H2,2H3,(H,20,22). The highest BCUT2D eigenvalue weighted by Crippen LogP contribution is 2.31. The molecule has 0 atom stereocenters. The van der Waals surface area contributed by atoms with E-state index in [0.29, 0.717) is 27.5 Å². The van der Waals surface area contributed by atoms with Gasteiger partial charge in [0.1, 0.15) is 0 Å². The molecule has 24 heavy (non-hydrogen) atoms. The summed E-state index contributed by atoms with van der Waals surface area (Å²) in [5, 5.41) is 3.04. The second kappa shape index (κ2) is 5.94. The smallest absolute Gasteiger partial charge is 0.266 e. The maximum absolute atomic E-state index is 12.5. The van der Waals surface area contributed by atoms with Crippen molar-refractivity contribution in [1.82, 2.24) is 0 Å². The van der Waals surface area contributed by atoms with Gasteiger partial charge in [-0.1, -0.05) is 24.2 Å². The Bertz CT molecular complexity index is 905. The Balaban J connectivity index is 1.96. The van der Waals surface area contributed by atoms with E-state index in [1.54, 1.807) is 37.3 Å². The van der Waals surface area contributed by atoms with Crippen molar-refractivity contribution in [2.75, 3.05) is 10.2 Å². The number of hydrogen-bond acceptors (Lipinski definition) is 3. The van der Waals surface area contributed by atoms with Crippen LogP contribution in [-0.4, -0.2) is 17.7 Å². The van der Waals surface area contributed by atoms with E-state index in [1.807, 2.05) is 0 Å². The Morgan fingerprint density at radius 1 is 1.08 bits per heavy atom. The highest BCUT2D eigenvalue weighted by Gasteiger charge is 2.36. The summed E-state index contributed by atoms with van der Waals surface area (Å²) in [7, 11) is 0. The minimum absolute atomic E-state index is 0.267.